The van der Waals surface area contributed by atoms with Gasteiger partial charge in [-0.05, 0) is 25.7 Å². The Morgan fingerprint density at radius 1 is 0.833 bits per heavy atom. The van der Waals surface area contributed by atoms with E-state index in [1.165, 1.54) is 0 Å². The fourth-order valence-electron chi connectivity index (χ4n) is 1.30. The average Bonchev–Trinajstić information content (AvgIpc) is 2.11. The molecule has 4 heteroatoms. The van der Waals surface area contributed by atoms with Gasteiger partial charge in [-0.2, -0.15) is 10.5 Å². The molecule has 1 aliphatic rings. The molecule has 1 fully saturated rings. The first-order valence-electron chi connectivity index (χ1n) is 3.81. The lowest BCUT2D eigenvalue weighted by atomic mass is 9.77. The summed E-state index contributed by atoms with van der Waals surface area (Å²) in [5, 5.41) is 35.9. The van der Waals surface area contributed by atoms with Gasteiger partial charge in [-0.3, -0.25) is 0 Å². The van der Waals surface area contributed by atoms with Crippen molar-refractivity contribution < 1.29 is 10.2 Å². The van der Waals surface area contributed by atoms with Crippen LogP contribution >= 0.6 is 0 Å². The maximum Gasteiger partial charge on any atom is 0.151 e. The molecule has 1 aliphatic carbocycles. The Balaban J connectivity index is 2.64. The second kappa shape index (κ2) is 2.75. The second-order valence-electron chi connectivity index (χ2n) is 3.29. The monoisotopic (exact) mass is 166 g/mol. The average molecular weight is 166 g/mol. The fourth-order valence-corrected chi connectivity index (χ4v) is 1.30. The minimum atomic E-state index is -1.33. The molecule has 0 atom stereocenters. The van der Waals surface area contributed by atoms with Gasteiger partial charge >= 0.3 is 0 Å². The lowest BCUT2D eigenvalue weighted by Gasteiger charge is -2.32. The van der Waals surface area contributed by atoms with Crippen molar-refractivity contribution in [2.24, 2.45) is 0 Å². The summed E-state index contributed by atoms with van der Waals surface area (Å²) < 4.78 is 0. The lowest BCUT2D eigenvalue weighted by molar-refractivity contribution is -0.0240. The second-order valence-corrected chi connectivity index (χ2v) is 3.29. The Morgan fingerprint density at radius 2 is 1.08 bits per heavy atom. The smallest absolute Gasteiger partial charge is 0.151 e. The van der Waals surface area contributed by atoms with Crippen molar-refractivity contribution in [1.29, 1.82) is 10.5 Å². The van der Waals surface area contributed by atoms with Crippen LogP contribution in [-0.4, -0.2) is 21.4 Å². The Hall–Kier alpha value is -1.10. The molecule has 0 aromatic carbocycles. The van der Waals surface area contributed by atoms with Crippen molar-refractivity contribution in [3.8, 4) is 12.1 Å². The van der Waals surface area contributed by atoms with Gasteiger partial charge in [-0.25, -0.2) is 0 Å². The van der Waals surface area contributed by atoms with Crippen LogP contribution in [0.1, 0.15) is 25.7 Å². The molecule has 4 nitrogen and oxygen atoms in total. The highest BCUT2D eigenvalue weighted by Crippen LogP contribution is 2.33. The third kappa shape index (κ3) is 1.55. The highest BCUT2D eigenvalue weighted by atomic mass is 16.3. The predicted molar refractivity (Wildman–Crippen MR) is 39.6 cm³/mol. The van der Waals surface area contributed by atoms with Gasteiger partial charge in [0.15, 0.2) is 11.2 Å². The molecule has 0 unspecified atom stereocenters. The molecule has 0 aromatic heterocycles. The molecular weight excluding hydrogens is 156 g/mol. The quantitative estimate of drug-likeness (QED) is 0.498. The van der Waals surface area contributed by atoms with E-state index < -0.39 is 11.2 Å². The summed E-state index contributed by atoms with van der Waals surface area (Å²) >= 11 is 0. The van der Waals surface area contributed by atoms with E-state index >= 15 is 0 Å². The highest BCUT2D eigenvalue weighted by Gasteiger charge is 2.40. The largest absolute Gasteiger partial charge is 0.375 e. The van der Waals surface area contributed by atoms with Gasteiger partial charge < -0.3 is 10.2 Å². The van der Waals surface area contributed by atoms with E-state index in [1.54, 1.807) is 12.1 Å². The van der Waals surface area contributed by atoms with Crippen LogP contribution in [0.15, 0.2) is 0 Å². The van der Waals surface area contributed by atoms with Crippen LogP contribution in [0.5, 0.6) is 0 Å². The number of rotatable bonds is 0. The maximum absolute atomic E-state index is 9.43. The van der Waals surface area contributed by atoms with E-state index in [9.17, 15) is 10.2 Å². The Morgan fingerprint density at radius 3 is 1.25 bits per heavy atom. The zero-order valence-corrected chi connectivity index (χ0v) is 6.62. The first kappa shape index (κ1) is 8.99. The van der Waals surface area contributed by atoms with Crippen molar-refractivity contribution >= 4 is 0 Å². The van der Waals surface area contributed by atoms with Crippen LogP contribution in [-0.2, 0) is 0 Å². The lowest BCUT2D eigenvalue weighted by Crippen LogP contribution is -2.41. The van der Waals surface area contributed by atoms with Gasteiger partial charge in [-0.1, -0.05) is 0 Å². The van der Waals surface area contributed by atoms with Crippen molar-refractivity contribution in [3.05, 3.63) is 0 Å². The molecule has 0 saturated heterocycles. The Kier molecular flexibility index (Phi) is 2.06. The van der Waals surface area contributed by atoms with E-state index in [2.05, 4.69) is 0 Å². The number of aliphatic hydroxyl groups is 2. The van der Waals surface area contributed by atoms with Gasteiger partial charge in [0.05, 0.1) is 12.1 Å². The molecule has 2 N–H and O–H groups in total. The normalized spacial score (nSPS) is 41.3. The van der Waals surface area contributed by atoms with Gasteiger partial charge in [0.1, 0.15) is 0 Å². The first-order valence-corrected chi connectivity index (χ1v) is 3.81. The standard InChI is InChI=1S/C8H10N2O2/c9-5-7(11)1-2-8(12,6-10)4-3-7/h11-12H,1-4H2. The molecular formula is C8H10N2O2. The highest BCUT2D eigenvalue weighted by molar-refractivity contribution is 5.11. The van der Waals surface area contributed by atoms with E-state index in [0.29, 0.717) is 0 Å². The van der Waals surface area contributed by atoms with Gasteiger partial charge in [0.2, 0.25) is 0 Å². The van der Waals surface area contributed by atoms with Crippen LogP contribution in [0, 0.1) is 22.7 Å². The van der Waals surface area contributed by atoms with Crippen molar-refractivity contribution in [2.75, 3.05) is 0 Å². The third-order valence-electron chi connectivity index (χ3n) is 2.32. The van der Waals surface area contributed by atoms with Crippen LogP contribution in [0.2, 0.25) is 0 Å². The molecule has 0 aromatic rings. The minimum Gasteiger partial charge on any atom is -0.375 e. The summed E-state index contributed by atoms with van der Waals surface area (Å²) in [6.07, 6.45) is 0.697. The molecule has 12 heavy (non-hydrogen) atoms. The summed E-state index contributed by atoms with van der Waals surface area (Å²) in [5.41, 5.74) is -2.66. The zero-order chi connectivity index (χ0) is 9.24. The topological polar surface area (TPSA) is 88.0 Å². The fraction of sp³-hybridized carbons (Fsp3) is 0.750. The summed E-state index contributed by atoms with van der Waals surface area (Å²) in [6.45, 7) is 0. The molecule has 1 rings (SSSR count). The summed E-state index contributed by atoms with van der Waals surface area (Å²) in [6, 6.07) is 3.55. The Bertz CT molecular complexity index is 225. The van der Waals surface area contributed by atoms with Crippen molar-refractivity contribution in [2.45, 2.75) is 36.9 Å². The molecule has 0 aliphatic heterocycles. The first-order chi connectivity index (χ1) is 5.54. The molecule has 0 radical (unpaired) electrons. The molecule has 0 spiro atoms. The zero-order valence-electron chi connectivity index (χ0n) is 6.62. The number of nitriles is 2. The van der Waals surface area contributed by atoms with E-state index in [1.807, 2.05) is 0 Å². The molecule has 0 amide bonds. The van der Waals surface area contributed by atoms with E-state index in [-0.39, 0.29) is 25.7 Å². The summed E-state index contributed by atoms with van der Waals surface area (Å²) in [7, 11) is 0. The van der Waals surface area contributed by atoms with Crippen molar-refractivity contribution in [1.82, 2.24) is 0 Å². The van der Waals surface area contributed by atoms with Gasteiger partial charge in [0, 0.05) is 0 Å². The van der Waals surface area contributed by atoms with Crippen LogP contribution in [0.3, 0.4) is 0 Å². The van der Waals surface area contributed by atoms with E-state index in [0.717, 1.165) is 0 Å². The van der Waals surface area contributed by atoms with Gasteiger partial charge in [0.25, 0.3) is 0 Å². The number of nitrogens with zero attached hydrogens (tertiary/aromatic N) is 2. The Labute approximate surface area is 70.7 Å². The van der Waals surface area contributed by atoms with Crippen LogP contribution < -0.4 is 0 Å². The van der Waals surface area contributed by atoms with Crippen LogP contribution in [0.25, 0.3) is 0 Å². The molecule has 0 bridgehead atoms. The molecule has 0 heterocycles. The minimum absolute atomic E-state index is 0.174. The summed E-state index contributed by atoms with van der Waals surface area (Å²) in [4.78, 5) is 0. The molecule has 1 saturated carbocycles. The molecule has 64 valence electrons. The third-order valence-corrected chi connectivity index (χ3v) is 2.32. The van der Waals surface area contributed by atoms with Crippen molar-refractivity contribution in [3.63, 3.8) is 0 Å². The van der Waals surface area contributed by atoms with Crippen LogP contribution in [0.4, 0.5) is 0 Å². The van der Waals surface area contributed by atoms with Gasteiger partial charge in [-0.15, -0.1) is 0 Å². The maximum atomic E-state index is 9.43. The SMILES string of the molecule is N#CC1(O)CCC(O)(C#N)CC1. The van der Waals surface area contributed by atoms with E-state index in [4.69, 9.17) is 10.5 Å². The predicted octanol–water partition coefficient (Wildman–Crippen LogP) is 0.0698. The number of hydrogen-bond acceptors (Lipinski definition) is 4. The summed E-state index contributed by atoms with van der Waals surface area (Å²) in [5.74, 6) is 0. The number of hydrogen-bond donors (Lipinski definition) is 2.